The molecule has 0 aliphatic heterocycles. The van der Waals surface area contributed by atoms with Crippen LogP contribution in [0.25, 0.3) is 22.1 Å². The molecule has 0 unspecified atom stereocenters. The molecule has 3 rings (SSSR count). The zero-order valence-electron chi connectivity index (χ0n) is 10.5. The average molecular weight is 267 g/mol. The maximum absolute atomic E-state index is 12.4. The van der Waals surface area contributed by atoms with Gasteiger partial charge in [-0.25, -0.2) is 0 Å². The molecule has 0 spiro atoms. The number of nitrogen functional groups attached to an aromatic ring is 1. The van der Waals surface area contributed by atoms with Crippen molar-refractivity contribution in [2.24, 2.45) is 0 Å². The molecular formula is C14H9N3O3. The van der Waals surface area contributed by atoms with Crippen LogP contribution in [0.3, 0.4) is 0 Å². The summed E-state index contributed by atoms with van der Waals surface area (Å²) in [5, 5.41) is 9.53. The van der Waals surface area contributed by atoms with E-state index in [1.54, 1.807) is 18.2 Å². The lowest BCUT2D eigenvalue weighted by atomic mass is 10.1. The lowest BCUT2D eigenvalue weighted by Crippen LogP contribution is -2.05. The maximum atomic E-state index is 12.4. The van der Waals surface area contributed by atoms with Crippen molar-refractivity contribution in [3.8, 4) is 11.8 Å². The normalized spacial score (nSPS) is 10.6. The SMILES string of the molecule is COc1ccc2oc3nc(N)c(C#N)cc3c(=O)c2c1. The van der Waals surface area contributed by atoms with Gasteiger partial charge in [0.15, 0.2) is 0 Å². The summed E-state index contributed by atoms with van der Waals surface area (Å²) in [7, 11) is 1.51. The molecule has 0 saturated heterocycles. The van der Waals surface area contributed by atoms with E-state index in [1.165, 1.54) is 13.2 Å². The molecule has 0 atom stereocenters. The Labute approximate surface area is 113 Å². The molecule has 0 radical (unpaired) electrons. The van der Waals surface area contributed by atoms with Crippen LogP contribution in [-0.4, -0.2) is 12.1 Å². The Kier molecular flexibility index (Phi) is 2.54. The summed E-state index contributed by atoms with van der Waals surface area (Å²) in [5.74, 6) is 0.587. The first-order valence-corrected chi connectivity index (χ1v) is 5.75. The highest BCUT2D eigenvalue weighted by molar-refractivity contribution is 5.90. The molecule has 20 heavy (non-hydrogen) atoms. The maximum Gasteiger partial charge on any atom is 0.232 e. The second-order valence-corrected chi connectivity index (χ2v) is 4.18. The average Bonchev–Trinajstić information content (AvgIpc) is 2.46. The Morgan fingerprint density at radius 1 is 1.35 bits per heavy atom. The summed E-state index contributed by atoms with van der Waals surface area (Å²) >= 11 is 0. The second-order valence-electron chi connectivity index (χ2n) is 4.18. The number of nitrogens with zero attached hydrogens (tertiary/aromatic N) is 2. The number of ether oxygens (including phenoxy) is 1. The molecule has 0 amide bonds. The molecule has 6 heteroatoms. The van der Waals surface area contributed by atoms with Crippen LogP contribution in [0.5, 0.6) is 5.75 Å². The summed E-state index contributed by atoms with van der Waals surface area (Å²) in [4.78, 5) is 16.4. The first-order valence-electron chi connectivity index (χ1n) is 5.75. The van der Waals surface area contributed by atoms with Crippen LogP contribution in [-0.2, 0) is 0 Å². The molecule has 0 aliphatic rings. The first kappa shape index (κ1) is 12.0. The van der Waals surface area contributed by atoms with Crippen molar-refractivity contribution in [2.45, 2.75) is 0 Å². The number of rotatable bonds is 1. The first-order chi connectivity index (χ1) is 9.63. The van der Waals surface area contributed by atoms with Gasteiger partial charge in [-0.2, -0.15) is 10.2 Å². The van der Waals surface area contributed by atoms with Gasteiger partial charge < -0.3 is 14.9 Å². The number of anilines is 1. The van der Waals surface area contributed by atoms with Gasteiger partial charge in [0.05, 0.1) is 23.4 Å². The van der Waals surface area contributed by atoms with E-state index in [-0.39, 0.29) is 27.9 Å². The second kappa shape index (κ2) is 4.24. The van der Waals surface area contributed by atoms with Gasteiger partial charge in [-0.3, -0.25) is 4.79 Å². The summed E-state index contributed by atoms with van der Waals surface area (Å²) in [6, 6.07) is 8.18. The van der Waals surface area contributed by atoms with Crippen LogP contribution >= 0.6 is 0 Å². The largest absolute Gasteiger partial charge is 0.497 e. The minimum Gasteiger partial charge on any atom is -0.497 e. The third-order valence-electron chi connectivity index (χ3n) is 3.02. The van der Waals surface area contributed by atoms with E-state index >= 15 is 0 Å². The van der Waals surface area contributed by atoms with Gasteiger partial charge in [-0.05, 0) is 24.3 Å². The molecule has 2 N–H and O–H groups in total. The summed E-state index contributed by atoms with van der Waals surface area (Å²) in [5.41, 5.74) is 6.00. The quantitative estimate of drug-likeness (QED) is 0.674. The van der Waals surface area contributed by atoms with Crippen LogP contribution in [0, 0.1) is 11.3 Å². The summed E-state index contributed by atoms with van der Waals surface area (Å²) < 4.78 is 10.6. The Hall–Kier alpha value is -3.07. The van der Waals surface area contributed by atoms with Crippen molar-refractivity contribution < 1.29 is 9.15 Å². The third-order valence-corrected chi connectivity index (χ3v) is 3.02. The number of hydrogen-bond donors (Lipinski definition) is 1. The Morgan fingerprint density at radius 2 is 2.15 bits per heavy atom. The van der Waals surface area contributed by atoms with Crippen LogP contribution in [0.1, 0.15) is 5.56 Å². The van der Waals surface area contributed by atoms with E-state index in [2.05, 4.69) is 4.98 Å². The van der Waals surface area contributed by atoms with Crippen molar-refractivity contribution in [3.63, 3.8) is 0 Å². The Morgan fingerprint density at radius 3 is 2.85 bits per heavy atom. The lowest BCUT2D eigenvalue weighted by Gasteiger charge is -2.04. The number of hydrogen-bond acceptors (Lipinski definition) is 6. The van der Waals surface area contributed by atoms with E-state index < -0.39 is 0 Å². The zero-order chi connectivity index (χ0) is 14.3. The van der Waals surface area contributed by atoms with Crippen molar-refractivity contribution in [3.05, 3.63) is 40.1 Å². The minimum absolute atomic E-state index is 0.0380. The predicted octanol–water partition coefficient (Wildman–Crippen LogP) is 1.80. The van der Waals surface area contributed by atoms with Gasteiger partial charge in [0.1, 0.15) is 23.2 Å². The number of pyridine rings is 1. The molecular weight excluding hydrogens is 258 g/mol. The number of aromatic nitrogens is 1. The Balaban J connectivity index is 2.49. The monoisotopic (exact) mass is 267 g/mol. The highest BCUT2D eigenvalue weighted by Crippen LogP contribution is 2.23. The minimum atomic E-state index is -0.274. The molecule has 0 bridgehead atoms. The highest BCUT2D eigenvalue weighted by atomic mass is 16.5. The van der Waals surface area contributed by atoms with E-state index in [4.69, 9.17) is 20.1 Å². The molecule has 0 saturated carbocycles. The molecule has 1 aromatic carbocycles. The predicted molar refractivity (Wildman–Crippen MR) is 73.5 cm³/mol. The van der Waals surface area contributed by atoms with Crippen LogP contribution in [0.4, 0.5) is 5.82 Å². The topological polar surface area (TPSA) is 102 Å². The molecule has 0 fully saturated rings. The van der Waals surface area contributed by atoms with Crippen molar-refractivity contribution in [1.29, 1.82) is 5.26 Å². The van der Waals surface area contributed by atoms with Gasteiger partial charge in [0.2, 0.25) is 11.1 Å². The van der Waals surface area contributed by atoms with Crippen molar-refractivity contribution in [1.82, 2.24) is 4.98 Å². The third kappa shape index (κ3) is 1.65. The van der Waals surface area contributed by atoms with E-state index in [0.29, 0.717) is 16.7 Å². The van der Waals surface area contributed by atoms with E-state index in [0.717, 1.165) is 0 Å². The standard InChI is InChI=1S/C14H9N3O3/c1-19-8-2-3-11-9(5-8)12(18)10-4-7(6-15)13(16)17-14(10)20-11/h2-5H,1H3,(H2,16,17). The van der Waals surface area contributed by atoms with Crippen LogP contribution in [0.15, 0.2) is 33.5 Å². The molecule has 98 valence electrons. The van der Waals surface area contributed by atoms with Crippen molar-refractivity contribution >= 4 is 27.9 Å². The van der Waals surface area contributed by atoms with Crippen LogP contribution < -0.4 is 15.9 Å². The van der Waals surface area contributed by atoms with Gasteiger partial charge in [-0.15, -0.1) is 0 Å². The number of fused-ring (bicyclic) bond motifs is 2. The molecule has 6 nitrogen and oxygen atoms in total. The fourth-order valence-corrected chi connectivity index (χ4v) is 1.99. The van der Waals surface area contributed by atoms with Gasteiger partial charge >= 0.3 is 0 Å². The van der Waals surface area contributed by atoms with Gasteiger partial charge in [0, 0.05) is 0 Å². The summed E-state index contributed by atoms with van der Waals surface area (Å²) in [6.07, 6.45) is 0. The van der Waals surface area contributed by atoms with Gasteiger partial charge in [-0.1, -0.05) is 0 Å². The molecule has 0 aliphatic carbocycles. The van der Waals surface area contributed by atoms with Gasteiger partial charge in [0.25, 0.3) is 0 Å². The Bertz CT molecular complexity index is 938. The van der Waals surface area contributed by atoms with Crippen molar-refractivity contribution in [2.75, 3.05) is 12.8 Å². The molecule has 3 aromatic rings. The number of nitriles is 1. The molecule has 2 heterocycles. The lowest BCUT2D eigenvalue weighted by molar-refractivity contribution is 0.415. The highest BCUT2D eigenvalue weighted by Gasteiger charge is 2.12. The fraction of sp³-hybridized carbons (Fsp3) is 0.0714. The molecule has 2 aromatic heterocycles. The van der Waals surface area contributed by atoms with E-state index in [1.807, 2.05) is 6.07 Å². The number of benzene rings is 1. The zero-order valence-corrected chi connectivity index (χ0v) is 10.5. The smallest absolute Gasteiger partial charge is 0.232 e. The van der Waals surface area contributed by atoms with Crippen LogP contribution in [0.2, 0.25) is 0 Å². The number of nitrogens with two attached hydrogens (primary N) is 1. The fourth-order valence-electron chi connectivity index (χ4n) is 1.99. The summed E-state index contributed by atoms with van der Waals surface area (Å²) in [6.45, 7) is 0. The number of methoxy groups -OCH3 is 1. The van der Waals surface area contributed by atoms with E-state index in [9.17, 15) is 4.79 Å².